The number of alkyl halides is 3. The molecular weight excluding hydrogens is 283 g/mol. The van der Waals surface area contributed by atoms with Crippen LogP contribution < -0.4 is 10.1 Å². The smallest absolute Gasteiger partial charge is 0.406 e. The summed E-state index contributed by atoms with van der Waals surface area (Å²) in [4.78, 5) is 0. The van der Waals surface area contributed by atoms with E-state index in [0.29, 0.717) is 6.61 Å². The van der Waals surface area contributed by atoms with Crippen LogP contribution in [0, 0.1) is 5.41 Å². The van der Waals surface area contributed by atoms with E-state index < -0.39 is 6.36 Å². The van der Waals surface area contributed by atoms with Gasteiger partial charge in [0.05, 0.1) is 6.61 Å². The van der Waals surface area contributed by atoms with Crippen LogP contribution in [0.3, 0.4) is 0 Å². The number of halogens is 3. The van der Waals surface area contributed by atoms with Crippen molar-refractivity contribution in [3.8, 4) is 5.75 Å². The second-order valence-electron chi connectivity index (χ2n) is 5.97. The number of hydrogen-bond acceptors (Lipinski definition) is 3. The third kappa shape index (κ3) is 2.51. The fourth-order valence-electron chi connectivity index (χ4n) is 3.79. The van der Waals surface area contributed by atoms with Gasteiger partial charge in [0.15, 0.2) is 0 Å². The Bertz CT molecular complexity index is 513. The lowest BCUT2D eigenvalue weighted by Crippen LogP contribution is -2.40. The van der Waals surface area contributed by atoms with Crippen LogP contribution in [0.25, 0.3) is 0 Å². The maximum atomic E-state index is 12.2. The van der Waals surface area contributed by atoms with Gasteiger partial charge in [0.2, 0.25) is 0 Å². The molecule has 0 bridgehead atoms. The summed E-state index contributed by atoms with van der Waals surface area (Å²) in [5.41, 5.74) is 1.19. The maximum absolute atomic E-state index is 12.2. The fraction of sp³-hybridized carbons (Fsp3) is 0.600. The van der Waals surface area contributed by atoms with Crippen molar-refractivity contribution in [2.24, 2.45) is 5.41 Å². The highest BCUT2D eigenvalue weighted by Gasteiger charge is 2.68. The molecule has 0 amide bonds. The predicted octanol–water partition coefficient (Wildman–Crippen LogP) is 2.85. The zero-order chi connectivity index (χ0) is 15.1. The van der Waals surface area contributed by atoms with Crippen molar-refractivity contribution in [3.63, 3.8) is 0 Å². The summed E-state index contributed by atoms with van der Waals surface area (Å²) in [6.45, 7) is 2.48. The minimum absolute atomic E-state index is 0.0328. The Kier molecular flexibility index (Phi) is 3.41. The number of piperidine rings is 1. The van der Waals surface area contributed by atoms with Gasteiger partial charge in [0.25, 0.3) is 0 Å². The van der Waals surface area contributed by atoms with Crippen molar-refractivity contribution < 1.29 is 22.6 Å². The number of nitrogens with one attached hydrogen (secondary N) is 1. The second-order valence-corrected chi connectivity index (χ2v) is 5.97. The predicted molar refractivity (Wildman–Crippen MR) is 71.2 cm³/mol. The second kappa shape index (κ2) is 4.88. The van der Waals surface area contributed by atoms with Gasteiger partial charge in [-0.3, -0.25) is 0 Å². The molecule has 0 unspecified atom stereocenters. The Morgan fingerprint density at radius 1 is 1.24 bits per heavy atom. The monoisotopic (exact) mass is 301 g/mol. The zero-order valence-electron chi connectivity index (χ0n) is 11.8. The van der Waals surface area contributed by atoms with Crippen LogP contribution in [0.2, 0.25) is 0 Å². The van der Waals surface area contributed by atoms with Crippen LogP contribution >= 0.6 is 0 Å². The molecule has 6 heteroatoms. The number of benzene rings is 1. The molecule has 0 radical (unpaired) electrons. The Labute approximate surface area is 121 Å². The van der Waals surface area contributed by atoms with Crippen LogP contribution in [0.5, 0.6) is 5.75 Å². The Balaban J connectivity index is 1.81. The SMILES string of the molecule is COC[C@]12CNCC[C@@]1(c1ccc(OC(F)(F)F)cc1)C2. The summed E-state index contributed by atoms with van der Waals surface area (Å²) >= 11 is 0. The molecule has 116 valence electrons. The van der Waals surface area contributed by atoms with Gasteiger partial charge < -0.3 is 14.8 Å². The topological polar surface area (TPSA) is 30.5 Å². The average molecular weight is 301 g/mol. The summed E-state index contributed by atoms with van der Waals surface area (Å²) < 4.78 is 45.9. The van der Waals surface area contributed by atoms with Crippen LogP contribution in [0.4, 0.5) is 13.2 Å². The molecule has 1 saturated carbocycles. The zero-order valence-corrected chi connectivity index (χ0v) is 11.8. The molecule has 0 aromatic heterocycles. The van der Waals surface area contributed by atoms with E-state index in [1.54, 1.807) is 19.2 Å². The molecule has 2 aliphatic rings. The van der Waals surface area contributed by atoms with Crippen molar-refractivity contribution >= 4 is 0 Å². The minimum Gasteiger partial charge on any atom is -0.406 e. The quantitative estimate of drug-likeness (QED) is 0.927. The maximum Gasteiger partial charge on any atom is 0.573 e. The van der Waals surface area contributed by atoms with Crippen LogP contribution in [-0.4, -0.2) is 33.2 Å². The molecule has 1 aromatic carbocycles. The van der Waals surface area contributed by atoms with Gasteiger partial charge in [0.1, 0.15) is 5.75 Å². The van der Waals surface area contributed by atoms with Gasteiger partial charge in [-0.2, -0.15) is 0 Å². The van der Waals surface area contributed by atoms with Gasteiger partial charge in [-0.25, -0.2) is 0 Å². The number of fused-ring (bicyclic) bond motifs is 1. The summed E-state index contributed by atoms with van der Waals surface area (Å²) in [5, 5.41) is 3.39. The van der Waals surface area contributed by atoms with Crippen molar-refractivity contribution in [3.05, 3.63) is 29.8 Å². The van der Waals surface area contributed by atoms with Gasteiger partial charge in [-0.05, 0) is 37.1 Å². The third-order valence-electron chi connectivity index (χ3n) is 4.78. The van der Waals surface area contributed by atoms with E-state index in [4.69, 9.17) is 4.74 Å². The molecule has 1 saturated heterocycles. The van der Waals surface area contributed by atoms with Gasteiger partial charge in [0, 0.05) is 24.5 Å². The van der Waals surface area contributed by atoms with E-state index in [-0.39, 0.29) is 16.6 Å². The van der Waals surface area contributed by atoms with E-state index in [2.05, 4.69) is 10.1 Å². The standard InChI is InChI=1S/C15H18F3NO2/c1-20-10-13-8-14(13,6-7-19-9-13)11-2-4-12(5-3-11)21-15(16,17)18/h2-5,19H,6-10H2,1H3/t13-,14-/m0/s1. The molecule has 2 fully saturated rings. The fourth-order valence-corrected chi connectivity index (χ4v) is 3.79. The lowest BCUT2D eigenvalue weighted by atomic mass is 9.81. The molecule has 21 heavy (non-hydrogen) atoms. The number of hydrogen-bond donors (Lipinski definition) is 1. The molecule has 3 rings (SSSR count). The number of rotatable bonds is 4. The van der Waals surface area contributed by atoms with Crippen LogP contribution in [-0.2, 0) is 10.2 Å². The summed E-state index contributed by atoms with van der Waals surface area (Å²) in [5.74, 6) is -0.172. The van der Waals surface area contributed by atoms with Crippen molar-refractivity contribution in [1.82, 2.24) is 5.32 Å². The molecule has 0 spiro atoms. The summed E-state index contributed by atoms with van der Waals surface area (Å²) in [7, 11) is 1.69. The van der Waals surface area contributed by atoms with E-state index in [1.165, 1.54) is 12.1 Å². The first-order valence-electron chi connectivity index (χ1n) is 6.97. The largest absolute Gasteiger partial charge is 0.573 e. The van der Waals surface area contributed by atoms with Crippen LogP contribution in [0.1, 0.15) is 18.4 Å². The summed E-state index contributed by atoms with van der Waals surface area (Å²) in [6.07, 6.45) is -2.65. The van der Waals surface area contributed by atoms with Crippen molar-refractivity contribution in [2.75, 3.05) is 26.8 Å². The Hall–Kier alpha value is -1.27. The third-order valence-corrected chi connectivity index (χ3v) is 4.78. The lowest BCUT2D eigenvalue weighted by molar-refractivity contribution is -0.274. The van der Waals surface area contributed by atoms with Gasteiger partial charge >= 0.3 is 6.36 Å². The highest BCUT2D eigenvalue weighted by molar-refractivity contribution is 5.42. The van der Waals surface area contributed by atoms with Gasteiger partial charge in [-0.1, -0.05) is 12.1 Å². The Morgan fingerprint density at radius 3 is 2.57 bits per heavy atom. The molecular formula is C15H18F3NO2. The first-order chi connectivity index (χ1) is 9.91. The number of ether oxygens (including phenoxy) is 2. The van der Waals surface area contributed by atoms with E-state index >= 15 is 0 Å². The lowest BCUT2D eigenvalue weighted by Gasteiger charge is -2.31. The molecule has 1 aliphatic heterocycles. The number of methoxy groups -OCH3 is 1. The average Bonchev–Trinajstić information content (AvgIpc) is 3.08. The molecule has 1 aromatic rings. The van der Waals surface area contributed by atoms with Crippen molar-refractivity contribution in [1.29, 1.82) is 0 Å². The van der Waals surface area contributed by atoms with Crippen molar-refractivity contribution in [2.45, 2.75) is 24.6 Å². The molecule has 1 N–H and O–H groups in total. The molecule has 1 heterocycles. The highest BCUT2D eigenvalue weighted by Crippen LogP contribution is 2.67. The first kappa shape index (κ1) is 14.7. The van der Waals surface area contributed by atoms with E-state index in [1.807, 2.05) is 0 Å². The van der Waals surface area contributed by atoms with Crippen LogP contribution in [0.15, 0.2) is 24.3 Å². The van der Waals surface area contributed by atoms with E-state index in [0.717, 1.165) is 31.5 Å². The minimum atomic E-state index is -4.64. The Morgan fingerprint density at radius 2 is 1.95 bits per heavy atom. The van der Waals surface area contributed by atoms with Gasteiger partial charge in [-0.15, -0.1) is 13.2 Å². The first-order valence-corrected chi connectivity index (χ1v) is 6.97. The molecule has 2 atom stereocenters. The molecule has 3 nitrogen and oxygen atoms in total. The highest BCUT2D eigenvalue weighted by atomic mass is 19.4. The normalized spacial score (nSPS) is 31.6. The molecule has 1 aliphatic carbocycles. The summed E-state index contributed by atoms with van der Waals surface area (Å²) in [6, 6.07) is 6.30. The van der Waals surface area contributed by atoms with E-state index in [9.17, 15) is 13.2 Å².